The second-order valence-electron chi connectivity index (χ2n) is 19.3. The molecule has 1 aromatic carbocycles. The molecule has 1 heterocycles. The quantitative estimate of drug-likeness (QED) is 0.0201. The highest BCUT2D eigenvalue weighted by Crippen LogP contribution is 2.20. The van der Waals surface area contributed by atoms with E-state index in [2.05, 4.69) is 57.8 Å². The number of aromatic amines is 1. The Bertz CT molecular complexity index is 2480. The molecule has 458 valence electrons. The highest BCUT2D eigenvalue weighted by molar-refractivity contribution is 7.99. The fraction of sp³-hybridized carbons (Fsp3) is 0.608. The van der Waals surface area contributed by atoms with E-state index in [0.29, 0.717) is 45.9 Å². The van der Waals surface area contributed by atoms with Crippen LogP contribution in [0.1, 0.15) is 70.8 Å². The lowest BCUT2D eigenvalue weighted by Crippen LogP contribution is -2.59. The summed E-state index contributed by atoms with van der Waals surface area (Å²) in [5.74, 6) is -8.74. The predicted molar refractivity (Wildman–Crippen MR) is 321 cm³/mol. The molecular formula is C51H82N14O13S4. The van der Waals surface area contributed by atoms with Gasteiger partial charge in [0.1, 0.15) is 42.3 Å². The Balaban J connectivity index is 2.33. The van der Waals surface area contributed by atoms with Crippen LogP contribution >= 0.6 is 47.0 Å². The number of carboxylic acids is 2. The predicted octanol–water partition coefficient (Wildman–Crippen LogP) is -1.66. The molecule has 0 spiro atoms. The van der Waals surface area contributed by atoms with Crippen LogP contribution in [0.3, 0.4) is 0 Å². The summed E-state index contributed by atoms with van der Waals surface area (Å²) in [4.78, 5) is 154. The van der Waals surface area contributed by atoms with Crippen molar-refractivity contribution in [1.29, 1.82) is 0 Å². The standard InChI is InChI=1S/C51H82N14O13S4/c1-28(2)22-37(45(72)58-26-40(66)59-34(14-19-80-4)46(73)63-36(50(77)78)16-21-82-6)60-41(67)27-57-44(71)33(12-9-17-55-51(53)54)62-49(76)39(24-42(68)69)65-48(75)38(23-29-25-56-32-11-8-7-10-30(29)32)64-47(74)35(15-20-81-5)61-43(70)31(52)13-18-79-3/h7-8,10-11,25,28,31,33-39,56H,9,12-24,26-27,52H2,1-6H3,(H,57,71)(H,58,72)(H,59,66)(H,60,67)(H,61,70)(H,62,76)(H,63,73)(H,64,74)(H,65,75)(H,68,69)(H,77,78)(H4,53,54,55)/t31-,33-,34-,35-,36-,37-,38-,39-/m0/s1. The first-order valence-electron chi connectivity index (χ1n) is 26.4. The van der Waals surface area contributed by atoms with Crippen molar-refractivity contribution in [2.24, 2.45) is 28.1 Å². The van der Waals surface area contributed by atoms with Crippen LogP contribution in [0, 0.1) is 5.92 Å². The van der Waals surface area contributed by atoms with Gasteiger partial charge in [0.15, 0.2) is 5.96 Å². The van der Waals surface area contributed by atoms with Crippen LogP contribution < -0.4 is 65.1 Å². The number of rotatable bonds is 41. The molecule has 18 N–H and O–H groups in total. The molecule has 9 amide bonds. The van der Waals surface area contributed by atoms with Gasteiger partial charge in [-0.05, 0) is 111 Å². The van der Waals surface area contributed by atoms with Crippen molar-refractivity contribution in [1.82, 2.24) is 52.8 Å². The molecule has 0 bridgehead atoms. The number of para-hydroxylation sites is 1. The van der Waals surface area contributed by atoms with Gasteiger partial charge in [0.05, 0.1) is 25.6 Å². The van der Waals surface area contributed by atoms with Gasteiger partial charge in [-0.2, -0.15) is 47.0 Å². The second-order valence-corrected chi connectivity index (χ2v) is 23.2. The Kier molecular flexibility index (Phi) is 34.2. The van der Waals surface area contributed by atoms with E-state index in [4.69, 9.17) is 17.2 Å². The first kappa shape index (κ1) is 71.7. The van der Waals surface area contributed by atoms with Crippen LogP contribution in [0.15, 0.2) is 35.5 Å². The number of carbonyl (C=O) groups is 11. The Morgan fingerprint density at radius 3 is 1.56 bits per heavy atom. The lowest BCUT2D eigenvalue weighted by Gasteiger charge is -2.26. The van der Waals surface area contributed by atoms with Gasteiger partial charge in [0.25, 0.3) is 0 Å². The number of amides is 9. The van der Waals surface area contributed by atoms with E-state index in [0.717, 1.165) is 0 Å². The number of hydrogen-bond donors (Lipinski definition) is 15. The molecule has 0 radical (unpaired) electrons. The average Bonchev–Trinajstić information content (AvgIpc) is 3.97. The lowest BCUT2D eigenvalue weighted by atomic mass is 10.0. The monoisotopic (exact) mass is 1230 g/mol. The maximum absolute atomic E-state index is 14.4. The molecule has 0 saturated heterocycles. The molecule has 8 atom stereocenters. The van der Waals surface area contributed by atoms with Gasteiger partial charge in [-0.15, -0.1) is 0 Å². The first-order valence-corrected chi connectivity index (χ1v) is 31.9. The molecule has 0 fully saturated rings. The van der Waals surface area contributed by atoms with E-state index in [1.807, 2.05) is 12.5 Å². The maximum atomic E-state index is 14.4. The topological polar surface area (TPSA) is 443 Å². The molecule has 0 unspecified atom stereocenters. The fourth-order valence-corrected chi connectivity index (χ4v) is 9.81. The first-order chi connectivity index (χ1) is 38.9. The third kappa shape index (κ3) is 27.6. The molecule has 1 aromatic heterocycles. The van der Waals surface area contributed by atoms with E-state index in [1.165, 1.54) is 47.0 Å². The summed E-state index contributed by atoms with van der Waals surface area (Å²) < 4.78 is 0. The lowest BCUT2D eigenvalue weighted by molar-refractivity contribution is -0.142. The molecule has 27 nitrogen and oxygen atoms in total. The average molecular weight is 1230 g/mol. The van der Waals surface area contributed by atoms with Crippen molar-refractivity contribution in [3.05, 3.63) is 36.0 Å². The summed E-state index contributed by atoms with van der Waals surface area (Å²) in [6.07, 6.45) is 8.52. The van der Waals surface area contributed by atoms with E-state index in [-0.39, 0.29) is 63.4 Å². The number of nitrogens with zero attached hydrogens (tertiary/aromatic N) is 1. The zero-order valence-electron chi connectivity index (χ0n) is 47.1. The molecule has 82 heavy (non-hydrogen) atoms. The summed E-state index contributed by atoms with van der Waals surface area (Å²) in [6.45, 7) is 2.16. The van der Waals surface area contributed by atoms with E-state index >= 15 is 0 Å². The fourth-order valence-electron chi connectivity index (χ4n) is 7.91. The van der Waals surface area contributed by atoms with Crippen molar-refractivity contribution in [3.8, 4) is 0 Å². The molecule has 31 heteroatoms. The largest absolute Gasteiger partial charge is 0.481 e. The minimum absolute atomic E-state index is 0.0195. The van der Waals surface area contributed by atoms with Gasteiger partial charge >= 0.3 is 11.9 Å². The molecule has 0 aliphatic heterocycles. The van der Waals surface area contributed by atoms with Crippen LogP contribution in [0.25, 0.3) is 10.9 Å². The van der Waals surface area contributed by atoms with Gasteiger partial charge < -0.3 is 80.2 Å². The number of carbonyl (C=O) groups excluding carboxylic acids is 9. The highest BCUT2D eigenvalue weighted by atomic mass is 32.2. The van der Waals surface area contributed by atoms with Crippen molar-refractivity contribution < 1.29 is 63.0 Å². The Morgan fingerprint density at radius 2 is 1.01 bits per heavy atom. The number of thioether (sulfide) groups is 4. The minimum atomic E-state index is -1.85. The molecule has 2 rings (SSSR count). The van der Waals surface area contributed by atoms with Crippen LogP contribution in [-0.4, -0.2) is 202 Å². The second kappa shape index (κ2) is 39.1. The number of nitrogens with one attached hydrogen (secondary N) is 10. The SMILES string of the molecule is CSCC[C@H](NC(=O)[C@H](CCSC)NC(=O)CNC(=O)[C@H](CC(C)C)NC(=O)CNC(=O)[C@H](CCCN=C(N)N)NC(=O)[C@H](CC(=O)O)NC(=O)[C@H](Cc1c[nH]c2ccccc12)NC(=O)[C@H](CCSC)NC(=O)[C@@H](N)CCSC)C(=O)O. The van der Waals surface area contributed by atoms with Crippen molar-refractivity contribution in [3.63, 3.8) is 0 Å². The minimum Gasteiger partial charge on any atom is -0.481 e. The number of nitrogens with two attached hydrogens (primary N) is 3. The molecule has 0 saturated carbocycles. The normalized spacial score (nSPS) is 14.0. The summed E-state index contributed by atoms with van der Waals surface area (Å²) in [5.41, 5.74) is 18.4. The zero-order valence-corrected chi connectivity index (χ0v) is 50.4. The van der Waals surface area contributed by atoms with Gasteiger partial charge in [-0.25, -0.2) is 4.79 Å². The van der Waals surface area contributed by atoms with Gasteiger partial charge in [0.2, 0.25) is 53.2 Å². The Morgan fingerprint density at radius 1 is 0.561 bits per heavy atom. The molecular weight excluding hydrogens is 1140 g/mol. The zero-order chi connectivity index (χ0) is 61.3. The third-order valence-corrected chi connectivity index (χ3v) is 14.8. The van der Waals surface area contributed by atoms with Gasteiger partial charge in [0, 0.05) is 30.1 Å². The van der Waals surface area contributed by atoms with Crippen LogP contribution in [-0.2, 0) is 59.2 Å². The van der Waals surface area contributed by atoms with Crippen LogP contribution in [0.5, 0.6) is 0 Å². The number of benzene rings is 1. The molecule has 2 aromatic rings. The van der Waals surface area contributed by atoms with Crippen LogP contribution in [0.4, 0.5) is 0 Å². The third-order valence-electron chi connectivity index (χ3n) is 12.2. The van der Waals surface area contributed by atoms with Gasteiger partial charge in [-0.1, -0.05) is 32.0 Å². The van der Waals surface area contributed by atoms with E-state index < -0.39 is 133 Å². The Labute approximate surface area is 494 Å². The number of aromatic nitrogens is 1. The summed E-state index contributed by atoms with van der Waals surface area (Å²) in [5, 5.41) is 42.9. The van der Waals surface area contributed by atoms with Crippen molar-refractivity contribution in [2.45, 2.75) is 120 Å². The number of fused-ring (bicyclic) bond motifs is 1. The van der Waals surface area contributed by atoms with E-state index in [1.54, 1.807) is 56.8 Å². The smallest absolute Gasteiger partial charge is 0.326 e. The van der Waals surface area contributed by atoms with Crippen molar-refractivity contribution in [2.75, 3.05) is 67.7 Å². The highest BCUT2D eigenvalue weighted by Gasteiger charge is 2.34. The van der Waals surface area contributed by atoms with Crippen LogP contribution in [0.2, 0.25) is 0 Å². The number of aliphatic carboxylic acids is 2. The number of carboxylic acid groups (broad SMARTS) is 2. The van der Waals surface area contributed by atoms with Crippen molar-refractivity contribution >= 4 is 129 Å². The number of guanidine groups is 1. The van der Waals surface area contributed by atoms with E-state index in [9.17, 15) is 63.0 Å². The Hall–Kier alpha value is -6.44. The summed E-state index contributed by atoms with van der Waals surface area (Å²) in [6, 6.07) is -3.23. The summed E-state index contributed by atoms with van der Waals surface area (Å²) in [7, 11) is 0. The summed E-state index contributed by atoms with van der Waals surface area (Å²) >= 11 is 5.71. The molecule has 0 aliphatic rings. The molecule has 0 aliphatic carbocycles. The number of hydrogen-bond acceptors (Lipinski definition) is 17. The number of aliphatic imine (C=N–C) groups is 1. The number of H-pyrrole nitrogens is 1. The van der Waals surface area contributed by atoms with Gasteiger partial charge in [-0.3, -0.25) is 52.9 Å². The maximum Gasteiger partial charge on any atom is 0.326 e.